The lowest BCUT2D eigenvalue weighted by atomic mass is 9.94. The fraction of sp³-hybridized carbons (Fsp3) is 0.245. The number of methoxy groups -OCH3 is 3. The first-order chi connectivity index (χ1) is 64.5. The Balaban J connectivity index is 0.000000138. The number of carbonyl (C=O) groups is 3. The van der Waals surface area contributed by atoms with E-state index in [9.17, 15) is 31.2 Å². The van der Waals surface area contributed by atoms with E-state index in [0.29, 0.717) is 40.4 Å². The molecular formula is C102H95I2N15O15S2. The topological polar surface area (TPSA) is 388 Å². The molecule has 0 fully saturated rings. The van der Waals surface area contributed by atoms with Crippen LogP contribution in [0, 0.1) is 142 Å². The summed E-state index contributed by atoms with van der Waals surface area (Å²) in [5.41, 5.74) is 18.3. The van der Waals surface area contributed by atoms with E-state index in [4.69, 9.17) is 41.8 Å². The van der Waals surface area contributed by atoms with Crippen LogP contribution in [-0.2, 0) is 55.2 Å². The van der Waals surface area contributed by atoms with Gasteiger partial charge in [0.15, 0.2) is 11.3 Å². The van der Waals surface area contributed by atoms with Crippen molar-refractivity contribution in [2.75, 3.05) is 21.3 Å². The number of hydrogen-bond donors (Lipinski definition) is 2. The molecule has 0 radical (unpaired) electrons. The number of ether oxygens (including phenoxy) is 3. The minimum Gasteiger partial charge on any atom is -0.468 e. The van der Waals surface area contributed by atoms with Crippen molar-refractivity contribution in [3.8, 4) is 91.2 Å². The van der Waals surface area contributed by atoms with Crippen molar-refractivity contribution in [1.29, 1.82) is 0 Å². The monoisotopic (exact) mass is 2090 g/mol. The van der Waals surface area contributed by atoms with Gasteiger partial charge in [-0.3, -0.25) is 14.4 Å². The zero-order chi connectivity index (χ0) is 97.9. The summed E-state index contributed by atoms with van der Waals surface area (Å²) >= 11 is 4.43. The highest BCUT2D eigenvalue weighted by Crippen LogP contribution is 2.39. The second-order valence-electron chi connectivity index (χ2n) is 33.9. The molecule has 0 saturated heterocycles. The van der Waals surface area contributed by atoms with E-state index < -0.39 is 42.3 Å². The summed E-state index contributed by atoms with van der Waals surface area (Å²) in [6.07, 6.45) is 17.5. The first-order valence-corrected chi connectivity index (χ1v) is 47.5. The maximum Gasteiger partial charge on any atom is 0.323 e. The number of esters is 3. The van der Waals surface area contributed by atoms with Crippen molar-refractivity contribution in [3.05, 3.63) is 269 Å². The first kappa shape index (κ1) is 97.6. The number of nitrogens with zero attached hydrogens (tertiary/aromatic N) is 13. The predicted molar refractivity (Wildman–Crippen MR) is 533 cm³/mol. The number of fused-ring (bicyclic) bond motifs is 5. The number of benzene rings is 3. The van der Waals surface area contributed by atoms with E-state index in [1.54, 1.807) is 128 Å². The molecule has 18 rings (SSSR count). The molecule has 15 aromatic heterocycles. The van der Waals surface area contributed by atoms with Crippen LogP contribution in [0.3, 0.4) is 0 Å². The second kappa shape index (κ2) is 39.7. The third-order valence-electron chi connectivity index (χ3n) is 22.5. The summed E-state index contributed by atoms with van der Waals surface area (Å²) in [4.78, 5) is 65.2. The molecule has 2 N–H and O–H groups in total. The fourth-order valence-electron chi connectivity index (χ4n) is 15.2. The van der Waals surface area contributed by atoms with Crippen molar-refractivity contribution >= 4 is 138 Å². The average molecular weight is 2090 g/mol. The van der Waals surface area contributed by atoms with Crippen LogP contribution >= 0.6 is 45.2 Å². The molecule has 30 nitrogen and oxygen atoms in total. The first-order valence-electron chi connectivity index (χ1n) is 42.5. The van der Waals surface area contributed by atoms with Crippen LogP contribution < -0.4 is 0 Å². The van der Waals surface area contributed by atoms with Crippen LogP contribution in [0.4, 0.5) is 0 Å². The predicted octanol–water partition coefficient (Wildman–Crippen LogP) is 20.6. The number of aromatic nitrogens is 15. The Morgan fingerprint density at radius 1 is 0.382 bits per heavy atom. The molecule has 0 atom stereocenters. The van der Waals surface area contributed by atoms with Crippen LogP contribution in [0.15, 0.2) is 204 Å². The van der Waals surface area contributed by atoms with E-state index in [2.05, 4.69) is 165 Å². The lowest BCUT2D eigenvalue weighted by Gasteiger charge is -2.13. The van der Waals surface area contributed by atoms with Crippen molar-refractivity contribution in [1.82, 2.24) is 73.2 Å². The minimum atomic E-state index is -3.96. The molecule has 0 aliphatic heterocycles. The van der Waals surface area contributed by atoms with Crippen LogP contribution in [0.1, 0.15) is 132 Å². The maximum atomic E-state index is 13.5. The number of rotatable bonds is 14. The van der Waals surface area contributed by atoms with E-state index in [1.807, 2.05) is 137 Å². The number of aryl methyl sites for hydroxylation is 12. The third-order valence-corrected chi connectivity index (χ3v) is 27.6. The molecule has 136 heavy (non-hydrogen) atoms. The van der Waals surface area contributed by atoms with E-state index in [0.717, 1.165) is 170 Å². The van der Waals surface area contributed by atoms with Crippen LogP contribution in [0.2, 0.25) is 0 Å². The SMILES string of the molecule is COC(=O)C(C)(C)C#Cc1c[nH]c2ncc(-c3c(C)noc3C)cc12.COC(=O)C(C)(C)C#Cc1cn(Cc2ccccc2)c2ncc(-c3c(C)noc3C)cc12.COC(=O)C(C)(C)C#Cc1cn(S(=O)(=O)c2ccc(C)cc2)c2ncc(-c3c(C)noc3C)cc12.Cc1ccc(S(=O)(=O)n2cc(I)c3cc(-c4c(C)noc4C)cnc32)cc1.Cc1noc(C)c1-c1cnc2[nH]cc(I)c2c1. The van der Waals surface area contributed by atoms with E-state index in [-0.39, 0.29) is 27.4 Å². The number of carbonyl (C=O) groups excluding carboxylic acids is 3. The van der Waals surface area contributed by atoms with Crippen molar-refractivity contribution < 1.29 is 68.0 Å². The van der Waals surface area contributed by atoms with Crippen LogP contribution in [0.5, 0.6) is 0 Å². The van der Waals surface area contributed by atoms with Gasteiger partial charge in [-0.05, 0) is 230 Å². The number of nitrogens with one attached hydrogen (secondary N) is 2. The number of hydrogen-bond acceptors (Lipinski definition) is 25. The Kier molecular flexibility index (Phi) is 28.5. The van der Waals surface area contributed by atoms with E-state index >= 15 is 0 Å². The van der Waals surface area contributed by atoms with Crippen molar-refractivity contribution in [3.63, 3.8) is 0 Å². The summed E-state index contributed by atoms with van der Waals surface area (Å²) in [6.45, 7) is 33.5. The Hall–Kier alpha value is -14.4. The molecule has 0 unspecified atom stereocenters. The lowest BCUT2D eigenvalue weighted by molar-refractivity contribution is -0.148. The van der Waals surface area contributed by atoms with Crippen LogP contribution in [0.25, 0.3) is 111 Å². The largest absolute Gasteiger partial charge is 0.468 e. The number of pyridine rings is 5. The van der Waals surface area contributed by atoms with Crippen LogP contribution in [-0.4, -0.2) is 129 Å². The molecular weight excluding hydrogens is 1990 g/mol. The molecule has 0 amide bonds. The van der Waals surface area contributed by atoms with Gasteiger partial charge in [0.05, 0.1) is 76.3 Å². The molecule has 0 spiro atoms. The zero-order valence-corrected chi connectivity index (χ0v) is 84.3. The highest BCUT2D eigenvalue weighted by Gasteiger charge is 2.32. The lowest BCUT2D eigenvalue weighted by Crippen LogP contribution is -2.23. The second-order valence-corrected chi connectivity index (χ2v) is 39.8. The van der Waals surface area contributed by atoms with Gasteiger partial charge in [-0.15, -0.1) is 0 Å². The van der Waals surface area contributed by atoms with Gasteiger partial charge in [0, 0.05) is 158 Å². The third kappa shape index (κ3) is 20.3. The average Bonchev–Trinajstić information content (AvgIpc) is 1.61. The molecule has 0 aliphatic carbocycles. The molecule has 34 heteroatoms. The summed E-state index contributed by atoms with van der Waals surface area (Å²) in [6, 6.07) is 33.5. The number of halogens is 2. The Bertz CT molecular complexity index is 8030. The summed E-state index contributed by atoms with van der Waals surface area (Å²) in [5.74, 6) is 20.6. The van der Waals surface area contributed by atoms with Gasteiger partial charge < -0.3 is 51.4 Å². The smallest absolute Gasteiger partial charge is 0.323 e. The normalized spacial score (nSPS) is 11.6. The van der Waals surface area contributed by atoms with Gasteiger partial charge in [-0.2, -0.15) is 0 Å². The summed E-state index contributed by atoms with van der Waals surface area (Å²) in [7, 11) is -3.65. The molecule has 694 valence electrons. The zero-order valence-electron chi connectivity index (χ0n) is 78.4. The molecule has 3 aromatic carbocycles. The highest BCUT2D eigenvalue weighted by atomic mass is 127. The summed E-state index contributed by atoms with van der Waals surface area (Å²) in [5, 5.41) is 24.2. The molecule has 0 saturated carbocycles. The fourth-order valence-corrected chi connectivity index (χ4v) is 19.3. The van der Waals surface area contributed by atoms with Gasteiger partial charge in [0.1, 0.15) is 62.0 Å². The van der Waals surface area contributed by atoms with Crippen molar-refractivity contribution in [2.45, 2.75) is 141 Å². The molecule has 18 aromatic rings. The Morgan fingerprint density at radius 2 is 0.706 bits per heavy atom. The maximum absolute atomic E-state index is 13.5. The summed E-state index contributed by atoms with van der Waals surface area (Å²) < 4.78 is 100. The number of aromatic amines is 2. The quantitative estimate of drug-likeness (QED) is 0.0442. The van der Waals surface area contributed by atoms with Gasteiger partial charge in [0.25, 0.3) is 20.0 Å². The van der Waals surface area contributed by atoms with Crippen molar-refractivity contribution in [2.24, 2.45) is 16.2 Å². The Labute approximate surface area is 811 Å². The van der Waals surface area contributed by atoms with Gasteiger partial charge in [0.2, 0.25) is 0 Å². The molecule has 15 heterocycles. The molecule has 0 bridgehead atoms. The van der Waals surface area contributed by atoms with Gasteiger partial charge >= 0.3 is 17.9 Å². The Morgan fingerprint density at radius 3 is 1.10 bits per heavy atom. The van der Waals surface area contributed by atoms with Gasteiger partial charge in [-0.25, -0.2) is 49.7 Å². The van der Waals surface area contributed by atoms with E-state index in [1.165, 1.54) is 35.1 Å². The molecule has 0 aliphatic rings. The minimum absolute atomic E-state index is 0.131. The number of H-pyrrole nitrogens is 2. The van der Waals surface area contributed by atoms with Gasteiger partial charge in [-0.1, -0.05) is 127 Å². The standard InChI is InChI=1S/C26H25N3O5S.C26H25N3O3.C19H16IN3O3S.C19H19N3O3.C12H10IN3O/c1-16-7-9-21(10-8-16)35(31,32)29-15-19(11-12-26(4,5)25(30)33-6)22-13-20(14-27-24(22)29)23-17(2)28-34-18(23)3;1-17-23(18(2)32-28-17)21-13-22-20(11-12-26(3,4)25(30)31-5)16-29(24(22)27-14-21)15-19-9-7-6-8-10-19;1-11-4-6-15(7-5-11)27(24,25)23-10-17(20)16-8-14(9-21-19(16)23)18-12(2)22-26-13(18)3;1-11-16(12(2)25-22-11)14-8-15-13(9-20-17(15)21-10-14)6-7-19(3,4)18(23)24-5;1-6-11(7(2)17-16-6)8-3-9-10(13)5-15-12(9)14-4-8/h7-10,13-15H,1-6H3;6-10,13-14,16H,15H2,1-5H3;4-10H,1-3H3;8-10H,1-5H3,(H,20,21);3-5H,1-2H3,(H,14,15). The highest BCUT2D eigenvalue weighted by molar-refractivity contribution is 14.1.